The van der Waals surface area contributed by atoms with E-state index in [1.54, 1.807) is 18.2 Å². The number of nitrogens with zero attached hydrogens (tertiary/aromatic N) is 4. The van der Waals surface area contributed by atoms with E-state index in [0.29, 0.717) is 43.4 Å². The number of oxazole rings is 1. The molecule has 3 aromatic heterocycles. The normalized spacial score (nSPS) is 14.6. The first-order valence-electron chi connectivity index (χ1n) is 9.08. The second kappa shape index (κ2) is 7.56. The van der Waals surface area contributed by atoms with Gasteiger partial charge >= 0.3 is 0 Å². The Morgan fingerprint density at radius 2 is 2.07 bits per heavy atom. The molecule has 1 saturated heterocycles. The topological polar surface area (TPSA) is 108 Å². The molecule has 8 nitrogen and oxygen atoms in total. The summed E-state index contributed by atoms with van der Waals surface area (Å²) in [6.45, 7) is 3.08. The van der Waals surface area contributed by atoms with Crippen LogP contribution < -0.4 is 10.2 Å². The Labute approximate surface area is 161 Å². The SMILES string of the molecule is Cc1cccc(NC(=O)C2CCN(c3oc(-c4ccco4)nc3C#N)CC2)n1. The number of carbonyl (C=O) groups is 1. The maximum Gasteiger partial charge on any atom is 0.266 e. The van der Waals surface area contributed by atoms with Crippen LogP contribution in [-0.4, -0.2) is 29.0 Å². The molecule has 1 fully saturated rings. The average Bonchev–Trinajstić information content (AvgIpc) is 3.37. The summed E-state index contributed by atoms with van der Waals surface area (Å²) in [6.07, 6.45) is 2.83. The Kier molecular flexibility index (Phi) is 4.81. The largest absolute Gasteiger partial charge is 0.459 e. The molecule has 0 bridgehead atoms. The smallest absolute Gasteiger partial charge is 0.266 e. The molecule has 1 aliphatic heterocycles. The molecule has 0 saturated carbocycles. The lowest BCUT2D eigenvalue weighted by atomic mass is 9.96. The summed E-state index contributed by atoms with van der Waals surface area (Å²) in [7, 11) is 0. The van der Waals surface area contributed by atoms with Gasteiger partial charge in [-0.15, -0.1) is 0 Å². The molecule has 8 heteroatoms. The van der Waals surface area contributed by atoms with Crippen LogP contribution in [0.2, 0.25) is 0 Å². The molecule has 0 aliphatic carbocycles. The highest BCUT2D eigenvalue weighted by molar-refractivity contribution is 5.91. The van der Waals surface area contributed by atoms with Crippen molar-refractivity contribution in [2.24, 2.45) is 5.92 Å². The zero-order chi connectivity index (χ0) is 19.5. The molecule has 0 radical (unpaired) electrons. The van der Waals surface area contributed by atoms with Crippen molar-refractivity contribution in [1.29, 1.82) is 5.26 Å². The highest BCUT2D eigenvalue weighted by atomic mass is 16.4. The van der Waals surface area contributed by atoms with Gasteiger partial charge in [-0.2, -0.15) is 10.2 Å². The van der Waals surface area contributed by atoms with Gasteiger partial charge in [0.25, 0.3) is 5.89 Å². The van der Waals surface area contributed by atoms with Crippen molar-refractivity contribution in [2.75, 3.05) is 23.3 Å². The number of nitriles is 1. The van der Waals surface area contributed by atoms with Gasteiger partial charge in [0.1, 0.15) is 11.9 Å². The summed E-state index contributed by atoms with van der Waals surface area (Å²) in [6, 6.07) is 11.1. The summed E-state index contributed by atoms with van der Waals surface area (Å²) < 4.78 is 11.1. The quantitative estimate of drug-likeness (QED) is 0.742. The number of aryl methyl sites for hydroxylation is 1. The van der Waals surface area contributed by atoms with Gasteiger partial charge in [0.2, 0.25) is 17.5 Å². The Bertz CT molecular complexity index is 1010. The lowest BCUT2D eigenvalue weighted by Crippen LogP contribution is -2.38. The Balaban J connectivity index is 1.41. The molecule has 0 aromatic carbocycles. The number of aromatic nitrogens is 2. The number of furan rings is 1. The highest BCUT2D eigenvalue weighted by Crippen LogP contribution is 2.31. The molecular weight excluding hydrogens is 358 g/mol. The van der Waals surface area contributed by atoms with Crippen molar-refractivity contribution in [3.8, 4) is 17.7 Å². The second-order valence-corrected chi connectivity index (χ2v) is 6.68. The van der Waals surface area contributed by atoms with Gasteiger partial charge in [0, 0.05) is 24.7 Å². The van der Waals surface area contributed by atoms with Crippen LogP contribution in [0, 0.1) is 24.2 Å². The van der Waals surface area contributed by atoms with Crippen molar-refractivity contribution >= 4 is 17.6 Å². The number of rotatable bonds is 4. The standard InChI is InChI=1S/C20H19N5O3/c1-13-4-2-6-17(22-13)24-18(26)14-7-9-25(10-8-14)20-15(12-21)23-19(28-20)16-5-3-11-27-16/h2-6,11,14H,7-10H2,1H3,(H,22,24,26). The molecule has 3 aromatic rings. The van der Waals surface area contributed by atoms with Crippen molar-refractivity contribution < 1.29 is 13.6 Å². The van der Waals surface area contributed by atoms with Crippen LogP contribution >= 0.6 is 0 Å². The second-order valence-electron chi connectivity index (χ2n) is 6.68. The van der Waals surface area contributed by atoms with Gasteiger partial charge in [-0.3, -0.25) is 4.79 Å². The van der Waals surface area contributed by atoms with Crippen LogP contribution in [0.15, 0.2) is 45.4 Å². The molecule has 0 spiro atoms. The molecular formula is C20H19N5O3. The van der Waals surface area contributed by atoms with Crippen molar-refractivity contribution in [2.45, 2.75) is 19.8 Å². The van der Waals surface area contributed by atoms with Crippen LogP contribution in [0.1, 0.15) is 24.2 Å². The van der Waals surface area contributed by atoms with E-state index in [1.165, 1.54) is 6.26 Å². The van der Waals surface area contributed by atoms with E-state index in [4.69, 9.17) is 8.83 Å². The maximum absolute atomic E-state index is 12.5. The predicted octanol–water partition coefficient (Wildman–Crippen LogP) is 3.36. The van der Waals surface area contributed by atoms with Crippen LogP contribution in [0.3, 0.4) is 0 Å². The summed E-state index contributed by atoms with van der Waals surface area (Å²) >= 11 is 0. The molecule has 4 heterocycles. The summed E-state index contributed by atoms with van der Waals surface area (Å²) in [5.74, 6) is 1.60. The number of piperidine rings is 1. The molecule has 142 valence electrons. The van der Waals surface area contributed by atoms with Crippen molar-refractivity contribution in [3.63, 3.8) is 0 Å². The predicted molar refractivity (Wildman–Crippen MR) is 101 cm³/mol. The number of nitrogens with one attached hydrogen (secondary N) is 1. The van der Waals surface area contributed by atoms with Crippen LogP contribution in [0.4, 0.5) is 11.7 Å². The average molecular weight is 377 g/mol. The minimum Gasteiger partial charge on any atom is -0.459 e. The summed E-state index contributed by atoms with van der Waals surface area (Å²) in [4.78, 5) is 23.0. The van der Waals surface area contributed by atoms with Gasteiger partial charge in [0.05, 0.1) is 6.26 Å². The number of hydrogen-bond donors (Lipinski definition) is 1. The Morgan fingerprint density at radius 1 is 1.25 bits per heavy atom. The van der Waals surface area contributed by atoms with E-state index >= 15 is 0 Å². The van der Waals surface area contributed by atoms with Crippen LogP contribution in [-0.2, 0) is 4.79 Å². The van der Waals surface area contributed by atoms with Gasteiger partial charge in [-0.1, -0.05) is 6.07 Å². The first-order chi connectivity index (χ1) is 13.6. The highest BCUT2D eigenvalue weighted by Gasteiger charge is 2.29. The fraction of sp³-hybridized carbons (Fsp3) is 0.300. The zero-order valence-electron chi connectivity index (χ0n) is 15.4. The minimum atomic E-state index is -0.114. The first kappa shape index (κ1) is 17.8. The summed E-state index contributed by atoms with van der Waals surface area (Å²) in [5, 5.41) is 12.3. The lowest BCUT2D eigenvalue weighted by molar-refractivity contribution is -0.120. The fourth-order valence-corrected chi connectivity index (χ4v) is 3.29. The minimum absolute atomic E-state index is 0.0351. The molecule has 0 unspecified atom stereocenters. The van der Waals surface area contributed by atoms with E-state index in [1.807, 2.05) is 24.0 Å². The van der Waals surface area contributed by atoms with Crippen molar-refractivity contribution in [1.82, 2.24) is 9.97 Å². The third-order valence-corrected chi connectivity index (χ3v) is 4.74. The molecule has 28 heavy (non-hydrogen) atoms. The van der Waals surface area contributed by atoms with E-state index < -0.39 is 0 Å². The van der Waals surface area contributed by atoms with Gasteiger partial charge in [-0.05, 0) is 44.0 Å². The van der Waals surface area contributed by atoms with Crippen LogP contribution in [0.25, 0.3) is 11.7 Å². The molecule has 1 aliphatic rings. The van der Waals surface area contributed by atoms with E-state index in [0.717, 1.165) is 5.69 Å². The van der Waals surface area contributed by atoms with E-state index in [-0.39, 0.29) is 23.4 Å². The third-order valence-electron chi connectivity index (χ3n) is 4.74. The number of pyridine rings is 1. The zero-order valence-corrected chi connectivity index (χ0v) is 15.4. The fourth-order valence-electron chi connectivity index (χ4n) is 3.29. The number of anilines is 2. The van der Waals surface area contributed by atoms with Gasteiger partial charge in [0.15, 0.2) is 5.76 Å². The van der Waals surface area contributed by atoms with Gasteiger partial charge in [-0.25, -0.2) is 4.98 Å². The Morgan fingerprint density at radius 3 is 2.75 bits per heavy atom. The number of amides is 1. The lowest BCUT2D eigenvalue weighted by Gasteiger charge is -2.30. The molecule has 1 N–H and O–H groups in total. The van der Waals surface area contributed by atoms with Gasteiger partial charge < -0.3 is 19.1 Å². The first-order valence-corrected chi connectivity index (χ1v) is 9.08. The molecule has 4 rings (SSSR count). The van der Waals surface area contributed by atoms with E-state index in [2.05, 4.69) is 21.4 Å². The summed E-state index contributed by atoms with van der Waals surface area (Å²) in [5.41, 5.74) is 1.08. The van der Waals surface area contributed by atoms with Crippen LogP contribution in [0.5, 0.6) is 0 Å². The van der Waals surface area contributed by atoms with Crippen molar-refractivity contribution in [3.05, 3.63) is 48.0 Å². The molecule has 1 amide bonds. The molecule has 0 atom stereocenters. The monoisotopic (exact) mass is 377 g/mol. The Hall–Kier alpha value is -3.60. The third kappa shape index (κ3) is 3.60. The maximum atomic E-state index is 12.5. The number of carbonyl (C=O) groups excluding carboxylic acids is 1. The van der Waals surface area contributed by atoms with E-state index in [9.17, 15) is 10.1 Å². The number of hydrogen-bond acceptors (Lipinski definition) is 7.